The van der Waals surface area contributed by atoms with Gasteiger partial charge < -0.3 is 19.7 Å². The molecule has 0 amide bonds. The summed E-state index contributed by atoms with van der Waals surface area (Å²) >= 11 is 0. The molecule has 6 heteroatoms. The Kier molecular flexibility index (Phi) is 4.80. The first kappa shape index (κ1) is 22.5. The van der Waals surface area contributed by atoms with Crippen molar-refractivity contribution in [2.75, 3.05) is 0 Å². The average molecular weight is 461 g/mol. The predicted molar refractivity (Wildman–Crippen MR) is 120 cm³/mol. The van der Waals surface area contributed by atoms with Crippen LogP contribution in [0.15, 0.2) is 0 Å². The predicted octanol–water partition coefficient (Wildman–Crippen LogP) is 3.47. The molecule has 0 aromatic carbocycles. The number of hydrogen-bond acceptors (Lipinski definition) is 6. The fraction of sp³-hybridized carbons (Fsp3) is 0.926. The lowest BCUT2D eigenvalue weighted by atomic mass is 9.44. The maximum absolute atomic E-state index is 12.5. The van der Waals surface area contributed by atoms with Crippen LogP contribution >= 0.6 is 0 Å². The van der Waals surface area contributed by atoms with E-state index >= 15 is 0 Å². The molecule has 6 nitrogen and oxygen atoms in total. The average Bonchev–Trinajstić information content (AvgIpc) is 3.17. The summed E-state index contributed by atoms with van der Waals surface area (Å²) < 4.78 is 12.3. The summed E-state index contributed by atoms with van der Waals surface area (Å²) in [6, 6.07) is 0. The number of esters is 1. The third kappa shape index (κ3) is 2.72. The first-order valence-corrected chi connectivity index (χ1v) is 13.3. The van der Waals surface area contributed by atoms with E-state index in [2.05, 4.69) is 20.8 Å². The molecule has 4 saturated carbocycles. The van der Waals surface area contributed by atoms with Crippen molar-refractivity contribution in [1.82, 2.24) is 0 Å². The summed E-state index contributed by atoms with van der Waals surface area (Å²) in [7, 11) is 0. The van der Waals surface area contributed by atoms with E-state index in [1.807, 2.05) is 0 Å². The minimum Gasteiger partial charge on any atom is -0.430 e. The topological polar surface area (TPSA) is 93.1 Å². The lowest BCUT2D eigenvalue weighted by molar-refractivity contribution is -0.303. The maximum atomic E-state index is 12.5. The van der Waals surface area contributed by atoms with Crippen molar-refractivity contribution in [2.45, 2.75) is 103 Å². The highest BCUT2D eigenvalue weighted by Crippen LogP contribution is 2.71. The van der Waals surface area contributed by atoms with Gasteiger partial charge in [-0.05, 0) is 73.0 Å². The minimum atomic E-state index is -1.34. The van der Waals surface area contributed by atoms with Gasteiger partial charge in [0.05, 0.1) is 18.1 Å². The molecule has 0 radical (unpaired) electrons. The first-order valence-electron chi connectivity index (χ1n) is 13.3. The Morgan fingerprint density at radius 1 is 0.970 bits per heavy atom. The molecule has 0 aromatic rings. The highest BCUT2D eigenvalue weighted by molar-refractivity contribution is 5.79. The molecule has 6 rings (SSSR count). The van der Waals surface area contributed by atoms with E-state index in [4.69, 9.17) is 9.47 Å². The summed E-state index contributed by atoms with van der Waals surface area (Å²) in [5.74, 6) is -0.0801. The molecule has 2 N–H and O–H groups in total. The molecule has 33 heavy (non-hydrogen) atoms. The monoisotopic (exact) mass is 460 g/mol. The van der Waals surface area contributed by atoms with Crippen LogP contribution in [-0.4, -0.2) is 46.1 Å². The van der Waals surface area contributed by atoms with Crippen LogP contribution in [0.1, 0.15) is 79.1 Å². The van der Waals surface area contributed by atoms with Crippen LogP contribution in [0.25, 0.3) is 0 Å². The number of Topliss-reactive ketones (excluding diaryl/α,β-unsaturated/α-hetero) is 1. The number of fused-ring (bicyclic) bond motifs is 7. The molecule has 6 fully saturated rings. The van der Waals surface area contributed by atoms with Crippen LogP contribution in [0.4, 0.5) is 0 Å². The van der Waals surface area contributed by atoms with Crippen molar-refractivity contribution in [1.29, 1.82) is 0 Å². The number of ether oxygens (including phenoxy) is 2. The van der Waals surface area contributed by atoms with Crippen molar-refractivity contribution >= 4 is 11.8 Å². The van der Waals surface area contributed by atoms with E-state index in [9.17, 15) is 19.8 Å². The summed E-state index contributed by atoms with van der Waals surface area (Å²) in [6.45, 7) is 8.56. The number of aliphatic hydroxyl groups excluding tert-OH is 2. The summed E-state index contributed by atoms with van der Waals surface area (Å²) in [5.41, 5.74) is 0.0749. The summed E-state index contributed by atoms with van der Waals surface area (Å²) in [6.07, 6.45) is 5.14. The largest absolute Gasteiger partial charge is 0.430 e. The molecule has 2 aliphatic heterocycles. The SMILES string of the molecule is C[C@@H]1C[C@@H](O)[C@@]2(OC1=O)O[C@H]1[C@H](O)[C@H]3[C@@H]4CC[C@H]5CC(=O)CC[C@]5(C)[C@H]4CC[C@]3(C)[C@H]1[C@@H]2C. The van der Waals surface area contributed by atoms with E-state index in [0.29, 0.717) is 36.4 Å². The molecule has 0 bridgehead atoms. The minimum absolute atomic E-state index is 0.0489. The van der Waals surface area contributed by atoms with Crippen LogP contribution in [0, 0.1) is 52.3 Å². The van der Waals surface area contributed by atoms with Crippen LogP contribution in [0.3, 0.4) is 0 Å². The van der Waals surface area contributed by atoms with E-state index in [1.54, 1.807) is 6.92 Å². The zero-order chi connectivity index (χ0) is 23.5. The van der Waals surface area contributed by atoms with Gasteiger partial charge in [-0.15, -0.1) is 0 Å². The Bertz CT molecular complexity index is 873. The van der Waals surface area contributed by atoms with Crippen molar-refractivity contribution in [3.8, 4) is 0 Å². The van der Waals surface area contributed by atoms with Crippen LogP contribution in [0.5, 0.6) is 0 Å². The molecule has 13 atom stereocenters. The molecule has 1 spiro atoms. The van der Waals surface area contributed by atoms with Crippen molar-refractivity contribution < 1.29 is 29.3 Å². The van der Waals surface area contributed by atoms with E-state index in [1.165, 1.54) is 0 Å². The number of aliphatic hydroxyl groups is 2. The lowest BCUT2D eigenvalue weighted by Gasteiger charge is -2.61. The van der Waals surface area contributed by atoms with Gasteiger partial charge in [0.15, 0.2) is 0 Å². The quantitative estimate of drug-likeness (QED) is 0.538. The van der Waals surface area contributed by atoms with E-state index < -0.39 is 24.1 Å². The second kappa shape index (κ2) is 7.04. The van der Waals surface area contributed by atoms with Gasteiger partial charge in [0.1, 0.15) is 11.9 Å². The Hall–Kier alpha value is -0.980. The molecule has 0 unspecified atom stereocenters. The molecule has 2 heterocycles. The molecular formula is C27H40O6. The van der Waals surface area contributed by atoms with E-state index in [-0.39, 0.29) is 40.5 Å². The van der Waals surface area contributed by atoms with Gasteiger partial charge in [0.25, 0.3) is 0 Å². The van der Waals surface area contributed by atoms with Crippen molar-refractivity contribution in [2.24, 2.45) is 52.3 Å². The molecule has 6 aliphatic rings. The number of ketones is 1. The van der Waals surface area contributed by atoms with Gasteiger partial charge in [-0.25, -0.2) is 0 Å². The van der Waals surface area contributed by atoms with Crippen LogP contribution in [0.2, 0.25) is 0 Å². The highest BCUT2D eigenvalue weighted by Gasteiger charge is 2.74. The molecule has 2 saturated heterocycles. The van der Waals surface area contributed by atoms with Gasteiger partial charge in [-0.2, -0.15) is 0 Å². The lowest BCUT2D eigenvalue weighted by Crippen LogP contribution is -2.59. The van der Waals surface area contributed by atoms with Gasteiger partial charge in [0.2, 0.25) is 5.79 Å². The third-order valence-electron chi connectivity index (χ3n) is 11.8. The zero-order valence-electron chi connectivity index (χ0n) is 20.5. The fourth-order valence-corrected chi connectivity index (χ4v) is 10.1. The van der Waals surface area contributed by atoms with Gasteiger partial charge in [-0.3, -0.25) is 9.59 Å². The highest BCUT2D eigenvalue weighted by atomic mass is 16.7. The van der Waals surface area contributed by atoms with Crippen LogP contribution in [-0.2, 0) is 19.1 Å². The zero-order valence-corrected chi connectivity index (χ0v) is 20.5. The van der Waals surface area contributed by atoms with Crippen molar-refractivity contribution in [3.63, 3.8) is 0 Å². The summed E-state index contributed by atoms with van der Waals surface area (Å²) in [5, 5.41) is 22.8. The van der Waals surface area contributed by atoms with Gasteiger partial charge >= 0.3 is 5.97 Å². The number of hydrogen-bond donors (Lipinski definition) is 2. The Labute approximate surface area is 196 Å². The molecule has 4 aliphatic carbocycles. The maximum Gasteiger partial charge on any atom is 0.311 e. The second-order valence-electron chi connectivity index (χ2n) is 13.0. The standard InChI is InChI=1S/C27H40O6/c1-13-11-19(29)27(33-24(13)31)14(2)20-23(32-27)22(30)21-17-6-5-15-12-16(28)7-9-25(15,3)18(17)8-10-26(20,21)4/h13-15,17-23,29-30H,5-12H2,1-4H3/t13-,14+,15+,17-,18+,19-,20+,21-,22-,23-,25+,26-,27-/m1/s1. The van der Waals surface area contributed by atoms with Crippen LogP contribution < -0.4 is 0 Å². The third-order valence-corrected chi connectivity index (χ3v) is 11.8. The number of carbonyl (C=O) groups excluding carboxylic acids is 2. The number of rotatable bonds is 0. The second-order valence-corrected chi connectivity index (χ2v) is 13.0. The normalized spacial score (nSPS) is 60.1. The van der Waals surface area contributed by atoms with Gasteiger partial charge in [0, 0.05) is 24.7 Å². The molecular weight excluding hydrogens is 420 g/mol. The molecule has 0 aromatic heterocycles. The van der Waals surface area contributed by atoms with Gasteiger partial charge in [-0.1, -0.05) is 27.7 Å². The fourth-order valence-electron chi connectivity index (χ4n) is 10.1. The Morgan fingerprint density at radius 3 is 2.48 bits per heavy atom. The van der Waals surface area contributed by atoms with Crippen molar-refractivity contribution in [3.05, 3.63) is 0 Å². The summed E-state index contributed by atoms with van der Waals surface area (Å²) in [4.78, 5) is 24.7. The van der Waals surface area contributed by atoms with E-state index in [0.717, 1.165) is 38.5 Å². The molecule has 184 valence electrons. The first-order chi connectivity index (χ1) is 15.5. The Morgan fingerprint density at radius 2 is 1.73 bits per heavy atom. The Balaban J connectivity index is 1.32. The smallest absolute Gasteiger partial charge is 0.311 e. The number of carbonyl (C=O) groups is 2.